The van der Waals surface area contributed by atoms with Gasteiger partial charge in [-0.1, -0.05) is 0 Å². The van der Waals surface area contributed by atoms with Gasteiger partial charge < -0.3 is 14.4 Å². The number of nitrogens with zero attached hydrogens (tertiary/aromatic N) is 4. The van der Waals surface area contributed by atoms with Crippen LogP contribution in [0.2, 0.25) is 0 Å². The Balaban J connectivity index is 1.58. The number of methoxy groups -OCH3 is 2. The smallest absolute Gasteiger partial charge is 0.162 e. The Bertz CT molecular complexity index is 986. The van der Waals surface area contributed by atoms with Crippen molar-refractivity contribution in [3.63, 3.8) is 0 Å². The van der Waals surface area contributed by atoms with Crippen molar-refractivity contribution in [3.8, 4) is 11.5 Å². The van der Waals surface area contributed by atoms with E-state index in [9.17, 15) is 4.21 Å². The lowest BCUT2D eigenvalue weighted by Crippen LogP contribution is -2.42. The first kappa shape index (κ1) is 19.2. The van der Waals surface area contributed by atoms with Gasteiger partial charge in [-0.2, -0.15) is 0 Å². The molecule has 0 aliphatic carbocycles. The van der Waals surface area contributed by atoms with Gasteiger partial charge in [0.05, 0.1) is 19.7 Å². The summed E-state index contributed by atoms with van der Waals surface area (Å²) in [5, 5.41) is 0.951. The fourth-order valence-corrected chi connectivity index (χ4v) is 5.37. The third-order valence-electron chi connectivity index (χ3n) is 6.14. The zero-order valence-corrected chi connectivity index (χ0v) is 17.4. The molecule has 1 unspecified atom stereocenters. The SMILES string of the molecule is COc1cc2ncnc(N3CCC4(CC3)CCN(S(C)(=N)=O)C4)c2cc1OC. The van der Waals surface area contributed by atoms with Crippen molar-refractivity contribution in [2.45, 2.75) is 19.3 Å². The molecule has 0 bridgehead atoms. The quantitative estimate of drug-likeness (QED) is 0.840. The number of ether oxygens (including phenoxy) is 2. The molecular formula is C19H27N5O3S. The van der Waals surface area contributed by atoms with Crippen molar-refractivity contribution in [2.75, 3.05) is 51.6 Å². The summed E-state index contributed by atoms with van der Waals surface area (Å²) in [6.07, 6.45) is 6.16. The molecule has 2 fully saturated rings. The molecule has 3 heterocycles. The molecule has 2 saturated heterocycles. The van der Waals surface area contributed by atoms with E-state index in [0.717, 1.165) is 62.2 Å². The molecule has 1 spiro atoms. The lowest BCUT2D eigenvalue weighted by Gasteiger charge is -2.40. The number of benzene rings is 1. The highest BCUT2D eigenvalue weighted by atomic mass is 32.2. The first-order chi connectivity index (χ1) is 13.3. The Kier molecular flexibility index (Phi) is 4.83. The van der Waals surface area contributed by atoms with Gasteiger partial charge in [0, 0.05) is 43.9 Å². The molecule has 28 heavy (non-hydrogen) atoms. The summed E-state index contributed by atoms with van der Waals surface area (Å²) < 4.78 is 32.7. The summed E-state index contributed by atoms with van der Waals surface area (Å²) >= 11 is 0. The van der Waals surface area contributed by atoms with Gasteiger partial charge in [-0.15, -0.1) is 0 Å². The fourth-order valence-electron chi connectivity index (χ4n) is 4.41. The highest BCUT2D eigenvalue weighted by Crippen LogP contribution is 2.43. The van der Waals surface area contributed by atoms with Crippen LogP contribution in [0.4, 0.5) is 5.82 Å². The molecule has 152 valence electrons. The van der Waals surface area contributed by atoms with E-state index in [2.05, 4.69) is 14.9 Å². The van der Waals surface area contributed by atoms with Crippen LogP contribution in [-0.4, -0.2) is 65.1 Å². The molecule has 2 aliphatic rings. The van der Waals surface area contributed by atoms with Crippen LogP contribution in [-0.2, 0) is 9.92 Å². The summed E-state index contributed by atoms with van der Waals surface area (Å²) in [4.78, 5) is 11.3. The van der Waals surface area contributed by atoms with Crippen molar-refractivity contribution < 1.29 is 13.7 Å². The van der Waals surface area contributed by atoms with Crippen LogP contribution in [0.1, 0.15) is 19.3 Å². The van der Waals surface area contributed by atoms with E-state index in [1.54, 1.807) is 20.5 Å². The molecule has 8 nitrogen and oxygen atoms in total. The van der Waals surface area contributed by atoms with E-state index in [4.69, 9.17) is 14.3 Å². The van der Waals surface area contributed by atoms with E-state index >= 15 is 0 Å². The summed E-state index contributed by atoms with van der Waals surface area (Å²) in [6, 6.07) is 3.82. The molecule has 0 amide bonds. The van der Waals surface area contributed by atoms with E-state index < -0.39 is 9.92 Å². The minimum Gasteiger partial charge on any atom is -0.493 e. The number of hydrogen-bond donors (Lipinski definition) is 1. The summed E-state index contributed by atoms with van der Waals surface area (Å²) in [6.45, 7) is 3.29. The van der Waals surface area contributed by atoms with Gasteiger partial charge in [-0.25, -0.2) is 23.3 Å². The van der Waals surface area contributed by atoms with Gasteiger partial charge in [0.1, 0.15) is 22.1 Å². The number of fused-ring (bicyclic) bond motifs is 1. The number of hydrogen-bond acceptors (Lipinski definition) is 7. The summed E-state index contributed by atoms with van der Waals surface area (Å²) in [5.41, 5.74) is 0.995. The fraction of sp³-hybridized carbons (Fsp3) is 0.579. The van der Waals surface area contributed by atoms with Crippen LogP contribution in [0, 0.1) is 10.2 Å². The lowest BCUT2D eigenvalue weighted by atomic mass is 9.78. The highest BCUT2D eigenvalue weighted by Gasteiger charge is 2.42. The number of aromatic nitrogens is 2. The normalized spacial score (nSPS) is 21.8. The minimum atomic E-state index is -2.61. The van der Waals surface area contributed by atoms with Crippen molar-refractivity contribution in [1.82, 2.24) is 14.3 Å². The number of piperidine rings is 1. The molecule has 1 aromatic heterocycles. The zero-order chi connectivity index (χ0) is 19.9. The van der Waals surface area contributed by atoms with E-state index in [-0.39, 0.29) is 5.41 Å². The Hall–Kier alpha value is -2.13. The standard InChI is InChI=1S/C19H27N5O3S/c1-26-16-10-14-15(11-17(16)27-2)21-13-22-18(14)23-7-4-19(5-8-23)6-9-24(12-19)28(3,20)25/h10-11,13,20H,4-9,12H2,1-3H3. The molecule has 4 rings (SSSR count). The van der Waals surface area contributed by atoms with Crippen LogP contribution in [0.5, 0.6) is 11.5 Å². The average Bonchev–Trinajstić information content (AvgIpc) is 3.11. The largest absolute Gasteiger partial charge is 0.493 e. The van der Waals surface area contributed by atoms with Gasteiger partial charge >= 0.3 is 0 Å². The van der Waals surface area contributed by atoms with Crippen molar-refractivity contribution >= 4 is 26.6 Å². The monoisotopic (exact) mass is 405 g/mol. The minimum absolute atomic E-state index is 0.167. The van der Waals surface area contributed by atoms with Crippen LogP contribution in [0.3, 0.4) is 0 Å². The zero-order valence-electron chi connectivity index (χ0n) is 16.6. The van der Waals surface area contributed by atoms with E-state index in [1.807, 2.05) is 16.4 Å². The first-order valence-corrected chi connectivity index (χ1v) is 11.4. The molecule has 1 aromatic carbocycles. The summed E-state index contributed by atoms with van der Waals surface area (Å²) in [5.74, 6) is 2.23. The highest BCUT2D eigenvalue weighted by molar-refractivity contribution is 7.89. The van der Waals surface area contributed by atoms with Crippen molar-refractivity contribution in [3.05, 3.63) is 18.5 Å². The van der Waals surface area contributed by atoms with Crippen LogP contribution >= 0.6 is 0 Å². The molecule has 2 aliphatic heterocycles. The Morgan fingerprint density at radius 1 is 1.07 bits per heavy atom. The maximum absolute atomic E-state index is 12.1. The molecular weight excluding hydrogens is 378 g/mol. The third kappa shape index (κ3) is 3.37. The maximum Gasteiger partial charge on any atom is 0.162 e. The van der Waals surface area contributed by atoms with Crippen molar-refractivity contribution in [2.24, 2.45) is 5.41 Å². The Labute approximate surface area is 166 Å². The molecule has 9 heteroatoms. The second kappa shape index (κ2) is 7.04. The third-order valence-corrected chi connectivity index (χ3v) is 7.44. The van der Waals surface area contributed by atoms with Gasteiger partial charge in [-0.05, 0) is 30.7 Å². The second-order valence-electron chi connectivity index (χ2n) is 7.82. The van der Waals surface area contributed by atoms with E-state index in [0.29, 0.717) is 11.5 Å². The maximum atomic E-state index is 12.1. The molecule has 1 atom stereocenters. The lowest BCUT2D eigenvalue weighted by molar-refractivity contribution is 0.235. The molecule has 0 saturated carbocycles. The van der Waals surface area contributed by atoms with Gasteiger partial charge in [0.2, 0.25) is 0 Å². The molecule has 2 aromatic rings. The predicted molar refractivity (Wildman–Crippen MR) is 109 cm³/mol. The average molecular weight is 406 g/mol. The van der Waals surface area contributed by atoms with Crippen molar-refractivity contribution in [1.29, 1.82) is 4.78 Å². The Morgan fingerprint density at radius 3 is 2.32 bits per heavy atom. The summed E-state index contributed by atoms with van der Waals surface area (Å²) in [7, 11) is 0.631. The van der Waals surface area contributed by atoms with Gasteiger partial charge in [0.25, 0.3) is 0 Å². The molecule has 0 radical (unpaired) electrons. The molecule has 1 N–H and O–H groups in total. The van der Waals surface area contributed by atoms with Crippen LogP contribution in [0.25, 0.3) is 10.9 Å². The predicted octanol–water partition coefficient (Wildman–Crippen LogP) is 2.53. The first-order valence-electron chi connectivity index (χ1n) is 9.46. The van der Waals surface area contributed by atoms with E-state index in [1.165, 1.54) is 6.26 Å². The van der Waals surface area contributed by atoms with Gasteiger partial charge in [0.15, 0.2) is 11.5 Å². The van der Waals surface area contributed by atoms with Crippen LogP contribution in [0.15, 0.2) is 18.5 Å². The topological polar surface area (TPSA) is 91.6 Å². The Morgan fingerprint density at radius 2 is 1.71 bits per heavy atom. The number of nitrogens with one attached hydrogen (secondary N) is 1. The number of anilines is 1. The van der Waals surface area contributed by atoms with Gasteiger partial charge in [-0.3, -0.25) is 0 Å². The van der Waals surface area contributed by atoms with Crippen LogP contribution < -0.4 is 14.4 Å². The number of rotatable bonds is 4. The second-order valence-corrected chi connectivity index (χ2v) is 9.95.